The summed E-state index contributed by atoms with van der Waals surface area (Å²) in [7, 11) is 0. The molecule has 3 nitrogen and oxygen atoms in total. The number of hydrogen-bond donors (Lipinski definition) is 2. The van der Waals surface area contributed by atoms with Crippen LogP contribution >= 0.6 is 12.2 Å². The molecule has 0 saturated carbocycles. The number of thiocarbonyl (C=S) groups is 1. The Bertz CT molecular complexity index is 198. The summed E-state index contributed by atoms with van der Waals surface area (Å²) in [6.45, 7) is -0.100. The van der Waals surface area contributed by atoms with E-state index in [0.717, 1.165) is 4.90 Å². The summed E-state index contributed by atoms with van der Waals surface area (Å²) >= 11 is 4.58. The van der Waals surface area contributed by atoms with Crippen molar-refractivity contribution in [2.24, 2.45) is 5.73 Å². The van der Waals surface area contributed by atoms with E-state index >= 15 is 0 Å². The van der Waals surface area contributed by atoms with Crippen molar-refractivity contribution in [1.29, 1.82) is 0 Å². The fourth-order valence-electron chi connectivity index (χ4n) is 0.948. The first-order chi connectivity index (χ1) is 6.28. The van der Waals surface area contributed by atoms with E-state index in [1.165, 1.54) is 6.92 Å². The van der Waals surface area contributed by atoms with Crippen LogP contribution in [0.5, 0.6) is 0 Å². The molecule has 0 aliphatic rings. The van der Waals surface area contributed by atoms with Crippen LogP contribution in [0.3, 0.4) is 0 Å². The second kappa shape index (κ2) is 5.47. The van der Waals surface area contributed by atoms with Crippen LogP contribution < -0.4 is 5.73 Å². The van der Waals surface area contributed by atoms with E-state index in [-0.39, 0.29) is 18.1 Å². The Hall–Kier alpha value is -0.400. The van der Waals surface area contributed by atoms with Crippen LogP contribution in [0.15, 0.2) is 0 Å². The fourth-order valence-corrected chi connectivity index (χ4v) is 1.10. The van der Waals surface area contributed by atoms with Gasteiger partial charge in [-0.05, 0) is 6.92 Å². The van der Waals surface area contributed by atoms with E-state index in [1.54, 1.807) is 0 Å². The molecule has 0 heterocycles. The number of hydrogen-bond acceptors (Lipinski definition) is 3. The topological polar surface area (TPSA) is 49.5 Å². The molecule has 0 bridgehead atoms. The lowest BCUT2D eigenvalue weighted by Crippen LogP contribution is -2.47. The van der Waals surface area contributed by atoms with E-state index in [1.807, 2.05) is 0 Å². The third kappa shape index (κ3) is 5.36. The average molecular weight is 230 g/mol. The molecule has 1 atom stereocenters. The SMILES string of the molecule is CC(C(N)=S)N(CCO)CC(F)(F)F. The van der Waals surface area contributed by atoms with E-state index in [9.17, 15) is 13.2 Å². The van der Waals surface area contributed by atoms with Gasteiger partial charge in [-0.3, -0.25) is 4.90 Å². The Balaban J connectivity index is 4.36. The lowest BCUT2D eigenvalue weighted by atomic mass is 10.2. The normalized spacial score (nSPS) is 14.4. The first-order valence-electron chi connectivity index (χ1n) is 3.99. The number of halogens is 3. The molecule has 0 saturated heterocycles. The number of nitrogens with zero attached hydrogens (tertiary/aromatic N) is 1. The third-order valence-electron chi connectivity index (χ3n) is 1.73. The smallest absolute Gasteiger partial charge is 0.395 e. The molecule has 0 aromatic heterocycles. The molecule has 0 aromatic rings. The number of rotatable bonds is 5. The minimum atomic E-state index is -4.31. The van der Waals surface area contributed by atoms with Gasteiger partial charge in [-0.2, -0.15) is 13.2 Å². The molecule has 0 aliphatic heterocycles. The number of aliphatic hydroxyl groups is 1. The second-order valence-corrected chi connectivity index (χ2v) is 3.36. The fraction of sp³-hybridized carbons (Fsp3) is 0.857. The maximum absolute atomic E-state index is 12.0. The number of aliphatic hydroxyl groups excluding tert-OH is 1. The number of alkyl halides is 3. The Labute approximate surface area is 85.7 Å². The molecule has 7 heteroatoms. The summed E-state index contributed by atoms with van der Waals surface area (Å²) in [5.74, 6) is 0. The Morgan fingerprint density at radius 3 is 2.36 bits per heavy atom. The van der Waals surface area contributed by atoms with Crippen molar-refractivity contribution >= 4 is 17.2 Å². The van der Waals surface area contributed by atoms with E-state index in [4.69, 9.17) is 10.8 Å². The first-order valence-corrected chi connectivity index (χ1v) is 4.39. The van der Waals surface area contributed by atoms with Gasteiger partial charge in [0, 0.05) is 6.54 Å². The van der Waals surface area contributed by atoms with Crippen LogP contribution in [0.1, 0.15) is 6.92 Å². The van der Waals surface area contributed by atoms with Crippen molar-refractivity contribution in [1.82, 2.24) is 4.90 Å². The van der Waals surface area contributed by atoms with Crippen molar-refractivity contribution < 1.29 is 18.3 Å². The Kier molecular flexibility index (Phi) is 5.32. The zero-order chi connectivity index (χ0) is 11.4. The quantitative estimate of drug-likeness (QED) is 0.676. The third-order valence-corrected chi connectivity index (χ3v) is 2.07. The molecule has 84 valence electrons. The number of nitrogens with two attached hydrogens (primary N) is 1. The van der Waals surface area contributed by atoms with Crippen LogP contribution in [-0.4, -0.2) is 46.9 Å². The van der Waals surface area contributed by atoms with Gasteiger partial charge in [-0.15, -0.1) is 0 Å². The standard InChI is InChI=1S/C7H13F3N2OS/c1-5(6(11)14)12(2-3-13)4-7(8,9)10/h5,13H,2-4H2,1H3,(H2,11,14). The highest BCUT2D eigenvalue weighted by Crippen LogP contribution is 2.17. The van der Waals surface area contributed by atoms with Crippen molar-refractivity contribution in [3.8, 4) is 0 Å². The van der Waals surface area contributed by atoms with Crippen LogP contribution in [0.25, 0.3) is 0 Å². The van der Waals surface area contributed by atoms with Crippen molar-refractivity contribution in [2.75, 3.05) is 19.7 Å². The summed E-state index contributed by atoms with van der Waals surface area (Å²) in [6.07, 6.45) is -4.31. The van der Waals surface area contributed by atoms with Gasteiger partial charge in [-0.25, -0.2) is 0 Å². The molecule has 0 amide bonds. The summed E-state index contributed by atoms with van der Waals surface area (Å²) in [5, 5.41) is 8.57. The molecule has 0 spiro atoms. The minimum Gasteiger partial charge on any atom is -0.395 e. The Morgan fingerprint density at radius 2 is 2.07 bits per heavy atom. The highest BCUT2D eigenvalue weighted by molar-refractivity contribution is 7.80. The van der Waals surface area contributed by atoms with Gasteiger partial charge in [0.2, 0.25) is 0 Å². The van der Waals surface area contributed by atoms with Gasteiger partial charge in [0.15, 0.2) is 0 Å². The highest BCUT2D eigenvalue weighted by Gasteiger charge is 2.32. The van der Waals surface area contributed by atoms with Crippen molar-refractivity contribution in [2.45, 2.75) is 19.1 Å². The van der Waals surface area contributed by atoms with Crippen LogP contribution in [-0.2, 0) is 0 Å². The summed E-state index contributed by atoms with van der Waals surface area (Å²) < 4.78 is 36.1. The zero-order valence-electron chi connectivity index (χ0n) is 7.71. The maximum atomic E-state index is 12.0. The van der Waals surface area contributed by atoms with E-state index < -0.39 is 18.8 Å². The lowest BCUT2D eigenvalue weighted by Gasteiger charge is -2.28. The van der Waals surface area contributed by atoms with Gasteiger partial charge in [0.05, 0.1) is 24.2 Å². The molecule has 0 radical (unpaired) electrons. The van der Waals surface area contributed by atoms with Crippen LogP contribution in [0, 0.1) is 0 Å². The van der Waals surface area contributed by atoms with Crippen LogP contribution in [0.4, 0.5) is 13.2 Å². The first kappa shape index (κ1) is 13.6. The Morgan fingerprint density at radius 1 is 1.57 bits per heavy atom. The molecule has 1 unspecified atom stereocenters. The van der Waals surface area contributed by atoms with Gasteiger partial charge in [-0.1, -0.05) is 12.2 Å². The molecule has 0 rings (SSSR count). The predicted molar refractivity (Wildman–Crippen MR) is 51.0 cm³/mol. The van der Waals surface area contributed by atoms with Gasteiger partial charge < -0.3 is 10.8 Å². The summed E-state index contributed by atoms with van der Waals surface area (Å²) in [4.78, 5) is 0.977. The average Bonchev–Trinajstić information content (AvgIpc) is 1.99. The lowest BCUT2D eigenvalue weighted by molar-refractivity contribution is -0.148. The highest BCUT2D eigenvalue weighted by atomic mass is 32.1. The summed E-state index contributed by atoms with van der Waals surface area (Å²) in [5.41, 5.74) is 5.23. The summed E-state index contributed by atoms with van der Waals surface area (Å²) in [6, 6.07) is -0.668. The van der Waals surface area contributed by atoms with E-state index in [2.05, 4.69) is 12.2 Å². The van der Waals surface area contributed by atoms with Crippen molar-refractivity contribution in [3.63, 3.8) is 0 Å². The van der Waals surface area contributed by atoms with Crippen LogP contribution in [0.2, 0.25) is 0 Å². The van der Waals surface area contributed by atoms with Gasteiger partial charge >= 0.3 is 6.18 Å². The maximum Gasteiger partial charge on any atom is 0.401 e. The molecular weight excluding hydrogens is 217 g/mol. The largest absolute Gasteiger partial charge is 0.401 e. The molecule has 0 aromatic carbocycles. The molecule has 14 heavy (non-hydrogen) atoms. The second-order valence-electron chi connectivity index (χ2n) is 2.89. The monoisotopic (exact) mass is 230 g/mol. The molecular formula is C7H13F3N2OS. The van der Waals surface area contributed by atoms with Gasteiger partial charge in [0.25, 0.3) is 0 Å². The molecule has 0 fully saturated rings. The van der Waals surface area contributed by atoms with E-state index in [0.29, 0.717) is 0 Å². The van der Waals surface area contributed by atoms with Gasteiger partial charge in [0.1, 0.15) is 0 Å². The zero-order valence-corrected chi connectivity index (χ0v) is 8.53. The van der Waals surface area contributed by atoms with Crippen molar-refractivity contribution in [3.05, 3.63) is 0 Å². The molecule has 3 N–H and O–H groups in total. The molecule has 0 aliphatic carbocycles. The minimum absolute atomic E-state index is 0.0114. The predicted octanol–water partition coefficient (Wildman–Crippen LogP) is 0.518.